The minimum absolute atomic E-state index is 0.197. The van der Waals surface area contributed by atoms with Gasteiger partial charge in [-0.3, -0.25) is 0 Å². The van der Waals surface area contributed by atoms with E-state index in [1.165, 1.54) is 52.1 Å². The maximum Gasteiger partial charge on any atom is 0.343 e. The first-order valence-electron chi connectivity index (χ1n) is 5.69. The van der Waals surface area contributed by atoms with Gasteiger partial charge in [0.1, 0.15) is 0 Å². The molecule has 15 heavy (non-hydrogen) atoms. The molecule has 0 aromatic heterocycles. The first kappa shape index (κ1) is 13.0. The number of allylic oxidation sites excluding steroid dienone is 1. The average molecular weight is 322 g/mol. The Morgan fingerprint density at radius 1 is 1.20 bits per heavy atom. The smallest absolute Gasteiger partial charge is 0.343 e. The van der Waals surface area contributed by atoms with E-state index >= 15 is 0 Å². The number of rotatable bonds is 2. The molecule has 1 aliphatic carbocycles. The lowest BCUT2D eigenvalue weighted by Gasteiger charge is -2.16. The Balaban J connectivity index is 2.49. The summed E-state index contributed by atoms with van der Waals surface area (Å²) in [6.07, 6.45) is 11.2. The van der Waals surface area contributed by atoms with E-state index in [0.717, 1.165) is 3.58 Å². The van der Waals surface area contributed by atoms with Crippen LogP contribution in [0.25, 0.3) is 0 Å². The van der Waals surface area contributed by atoms with Crippen molar-refractivity contribution in [3.63, 3.8) is 0 Å². The predicted molar refractivity (Wildman–Crippen MR) is 69.9 cm³/mol. The van der Waals surface area contributed by atoms with Crippen molar-refractivity contribution in [2.24, 2.45) is 5.92 Å². The molecule has 0 aromatic rings. The Labute approximate surface area is 106 Å². The number of ether oxygens (including phenoxy) is 1. The Kier molecular flexibility index (Phi) is 6.29. The van der Waals surface area contributed by atoms with Crippen LogP contribution in [0.3, 0.4) is 0 Å². The van der Waals surface area contributed by atoms with E-state index in [9.17, 15) is 4.79 Å². The highest BCUT2D eigenvalue weighted by molar-refractivity contribution is 14.1. The molecule has 1 rings (SSSR count). The molecular formula is C12H19IO2. The number of carbonyl (C=O) groups is 1. The summed E-state index contributed by atoms with van der Waals surface area (Å²) in [5.74, 6) is 0.383. The first-order valence-corrected chi connectivity index (χ1v) is 6.77. The second kappa shape index (κ2) is 7.25. The lowest BCUT2D eigenvalue weighted by atomic mass is 9.91. The first-order chi connectivity index (χ1) is 7.24. The summed E-state index contributed by atoms with van der Waals surface area (Å²) < 4.78 is 5.43. The fourth-order valence-electron chi connectivity index (χ4n) is 2.03. The Morgan fingerprint density at radius 2 is 1.73 bits per heavy atom. The van der Waals surface area contributed by atoms with Crippen molar-refractivity contribution in [3.8, 4) is 0 Å². The summed E-state index contributed by atoms with van der Waals surface area (Å²) in [7, 11) is 1.44. The monoisotopic (exact) mass is 322 g/mol. The fourth-order valence-corrected chi connectivity index (χ4v) is 2.76. The highest BCUT2D eigenvalue weighted by atomic mass is 127. The van der Waals surface area contributed by atoms with Crippen molar-refractivity contribution in [3.05, 3.63) is 9.66 Å². The highest BCUT2D eigenvalue weighted by Crippen LogP contribution is 2.25. The van der Waals surface area contributed by atoms with Crippen LogP contribution in [0.4, 0.5) is 0 Å². The number of hydrogen-bond donors (Lipinski definition) is 0. The topological polar surface area (TPSA) is 26.3 Å². The zero-order valence-corrected chi connectivity index (χ0v) is 11.5. The lowest BCUT2D eigenvalue weighted by Crippen LogP contribution is -2.05. The number of esters is 1. The molecule has 1 fully saturated rings. The third-order valence-electron chi connectivity index (χ3n) is 2.91. The standard InChI is InChI=1S/C12H19IO2/c1-15-12(14)11(13)9-10-7-5-3-2-4-6-8-10/h9-10H,2-8H2,1H3. The van der Waals surface area contributed by atoms with E-state index in [4.69, 9.17) is 4.74 Å². The summed E-state index contributed by atoms with van der Waals surface area (Å²) in [4.78, 5) is 11.2. The Morgan fingerprint density at radius 3 is 2.27 bits per heavy atom. The molecule has 0 N–H and O–H groups in total. The summed E-state index contributed by atoms with van der Waals surface area (Å²) in [6.45, 7) is 0. The van der Waals surface area contributed by atoms with Crippen molar-refractivity contribution in [2.45, 2.75) is 44.9 Å². The van der Waals surface area contributed by atoms with Crippen LogP contribution in [-0.2, 0) is 9.53 Å². The molecular weight excluding hydrogens is 303 g/mol. The fraction of sp³-hybridized carbons (Fsp3) is 0.750. The van der Waals surface area contributed by atoms with Crippen LogP contribution in [0.2, 0.25) is 0 Å². The minimum atomic E-state index is -0.197. The van der Waals surface area contributed by atoms with Gasteiger partial charge < -0.3 is 4.74 Å². The molecule has 0 unspecified atom stereocenters. The van der Waals surface area contributed by atoms with Crippen LogP contribution in [0, 0.1) is 5.92 Å². The Bertz CT molecular complexity index is 228. The van der Waals surface area contributed by atoms with Crippen LogP contribution in [0.1, 0.15) is 44.9 Å². The molecule has 0 saturated heterocycles. The molecule has 2 nitrogen and oxygen atoms in total. The van der Waals surface area contributed by atoms with E-state index in [1.807, 2.05) is 0 Å². The largest absolute Gasteiger partial charge is 0.465 e. The van der Waals surface area contributed by atoms with Gasteiger partial charge in [0.25, 0.3) is 0 Å². The van der Waals surface area contributed by atoms with E-state index in [-0.39, 0.29) is 5.97 Å². The van der Waals surface area contributed by atoms with Gasteiger partial charge in [-0.2, -0.15) is 0 Å². The van der Waals surface area contributed by atoms with E-state index in [0.29, 0.717) is 5.92 Å². The average Bonchev–Trinajstić information content (AvgIpc) is 2.20. The molecule has 86 valence electrons. The molecule has 0 aromatic carbocycles. The third-order valence-corrected chi connectivity index (χ3v) is 3.71. The van der Waals surface area contributed by atoms with Crippen molar-refractivity contribution in [1.82, 2.24) is 0 Å². The zero-order valence-electron chi connectivity index (χ0n) is 9.30. The third kappa shape index (κ3) is 5.00. The highest BCUT2D eigenvalue weighted by Gasteiger charge is 2.12. The molecule has 1 aliphatic rings. The second-order valence-electron chi connectivity index (χ2n) is 4.11. The van der Waals surface area contributed by atoms with E-state index in [2.05, 4.69) is 28.7 Å². The van der Waals surface area contributed by atoms with Crippen LogP contribution >= 0.6 is 22.6 Å². The van der Waals surface area contributed by atoms with E-state index < -0.39 is 0 Å². The maximum absolute atomic E-state index is 11.2. The predicted octanol–water partition coefficient (Wildman–Crippen LogP) is 3.84. The molecule has 0 amide bonds. The van der Waals surface area contributed by atoms with Crippen molar-refractivity contribution in [1.29, 1.82) is 0 Å². The van der Waals surface area contributed by atoms with Crippen molar-refractivity contribution < 1.29 is 9.53 Å². The van der Waals surface area contributed by atoms with Crippen molar-refractivity contribution in [2.75, 3.05) is 7.11 Å². The number of halogens is 1. The minimum Gasteiger partial charge on any atom is -0.465 e. The lowest BCUT2D eigenvalue weighted by molar-refractivity contribution is -0.135. The zero-order chi connectivity index (χ0) is 11.1. The quantitative estimate of drug-likeness (QED) is 0.439. The van der Waals surface area contributed by atoms with Crippen LogP contribution in [-0.4, -0.2) is 13.1 Å². The summed E-state index contributed by atoms with van der Waals surface area (Å²) in [6, 6.07) is 0. The molecule has 0 aliphatic heterocycles. The van der Waals surface area contributed by atoms with Crippen LogP contribution < -0.4 is 0 Å². The molecule has 0 spiro atoms. The molecule has 0 radical (unpaired) electrons. The van der Waals surface area contributed by atoms with Gasteiger partial charge in [-0.1, -0.05) is 38.2 Å². The summed E-state index contributed by atoms with van der Waals surface area (Å²) in [5.41, 5.74) is 0. The van der Waals surface area contributed by atoms with Crippen LogP contribution in [0.5, 0.6) is 0 Å². The van der Waals surface area contributed by atoms with Gasteiger partial charge in [0, 0.05) is 0 Å². The van der Waals surface area contributed by atoms with Crippen LogP contribution in [0.15, 0.2) is 9.66 Å². The maximum atomic E-state index is 11.2. The molecule has 3 heteroatoms. The van der Waals surface area contributed by atoms with Gasteiger partial charge in [0.15, 0.2) is 0 Å². The number of hydrogen-bond acceptors (Lipinski definition) is 2. The van der Waals surface area contributed by atoms with Gasteiger partial charge in [-0.05, 0) is 41.4 Å². The number of methoxy groups -OCH3 is 1. The molecule has 0 atom stereocenters. The van der Waals surface area contributed by atoms with Gasteiger partial charge in [-0.15, -0.1) is 0 Å². The normalized spacial score (nSPS) is 20.5. The Hall–Kier alpha value is -0.0600. The van der Waals surface area contributed by atoms with E-state index in [1.54, 1.807) is 0 Å². The molecule has 1 saturated carbocycles. The van der Waals surface area contributed by atoms with Gasteiger partial charge in [-0.25, -0.2) is 4.79 Å². The van der Waals surface area contributed by atoms with Crippen molar-refractivity contribution >= 4 is 28.6 Å². The summed E-state index contributed by atoms with van der Waals surface area (Å²) in [5, 5.41) is 0. The van der Waals surface area contributed by atoms with Gasteiger partial charge in [0.05, 0.1) is 10.7 Å². The number of carbonyl (C=O) groups excluding carboxylic acids is 1. The molecule has 0 bridgehead atoms. The second-order valence-corrected chi connectivity index (χ2v) is 5.27. The summed E-state index contributed by atoms with van der Waals surface area (Å²) >= 11 is 2.08. The molecule has 0 heterocycles. The van der Waals surface area contributed by atoms with Gasteiger partial charge in [0.2, 0.25) is 0 Å². The van der Waals surface area contributed by atoms with Gasteiger partial charge >= 0.3 is 5.97 Å². The SMILES string of the molecule is COC(=O)C(I)=CC1CCCCCCC1.